The van der Waals surface area contributed by atoms with Gasteiger partial charge in [-0.1, -0.05) is 36.4 Å². The molecule has 0 heterocycles. The molecule has 0 amide bonds. The Hall–Kier alpha value is -3.05. The van der Waals surface area contributed by atoms with Crippen molar-refractivity contribution in [2.45, 2.75) is 32.1 Å². The maximum Gasteiger partial charge on any atom is 0.170 e. The molecule has 0 aromatic heterocycles. The van der Waals surface area contributed by atoms with Gasteiger partial charge in [-0.25, -0.2) is 0 Å². The zero-order valence-electron chi connectivity index (χ0n) is 16.7. The van der Waals surface area contributed by atoms with E-state index in [1.54, 1.807) is 30.3 Å². The van der Waals surface area contributed by atoms with E-state index in [1.807, 2.05) is 25.2 Å². The largest absolute Gasteiger partial charge is 0.388 e. The van der Waals surface area contributed by atoms with Gasteiger partial charge in [0.2, 0.25) is 0 Å². The monoisotopic (exact) mass is 390 g/mol. The van der Waals surface area contributed by atoms with Crippen LogP contribution in [0.15, 0.2) is 48.0 Å². The fraction of sp³-hybridized carbons (Fsp3) is 0.292. The Labute approximate surface area is 171 Å². The van der Waals surface area contributed by atoms with Crippen LogP contribution in [0.3, 0.4) is 0 Å². The highest BCUT2D eigenvalue weighted by atomic mass is 16.1. The lowest BCUT2D eigenvalue weighted by molar-refractivity contribution is -0.120. The molecule has 0 atom stereocenters. The highest BCUT2D eigenvalue weighted by molar-refractivity contribution is 6.25. The van der Waals surface area contributed by atoms with Crippen molar-refractivity contribution in [2.75, 3.05) is 18.9 Å². The molecular formula is C24H26N2O3. The van der Waals surface area contributed by atoms with Gasteiger partial charge in [-0.15, -0.1) is 0 Å². The van der Waals surface area contributed by atoms with Crippen LogP contribution in [0.1, 0.15) is 46.3 Å². The van der Waals surface area contributed by atoms with Crippen LogP contribution in [-0.2, 0) is 22.4 Å². The van der Waals surface area contributed by atoms with Crippen LogP contribution in [0.2, 0.25) is 0 Å². The van der Waals surface area contributed by atoms with Gasteiger partial charge in [0.1, 0.15) is 0 Å². The third-order valence-corrected chi connectivity index (χ3v) is 5.22. The zero-order valence-corrected chi connectivity index (χ0v) is 16.7. The number of benzene rings is 2. The first-order valence-corrected chi connectivity index (χ1v) is 9.93. The zero-order chi connectivity index (χ0) is 20.8. The predicted molar refractivity (Wildman–Crippen MR) is 115 cm³/mol. The summed E-state index contributed by atoms with van der Waals surface area (Å²) in [7, 11) is 1.82. The molecule has 5 nitrogen and oxygen atoms in total. The van der Waals surface area contributed by atoms with Crippen molar-refractivity contribution in [2.24, 2.45) is 5.73 Å². The number of hydrogen-bond donors (Lipinski definition) is 2. The van der Waals surface area contributed by atoms with Crippen LogP contribution in [0.4, 0.5) is 5.69 Å². The Morgan fingerprint density at radius 3 is 2.48 bits per heavy atom. The van der Waals surface area contributed by atoms with Gasteiger partial charge in [0.05, 0.1) is 5.57 Å². The van der Waals surface area contributed by atoms with Crippen LogP contribution in [0, 0.1) is 0 Å². The van der Waals surface area contributed by atoms with Crippen LogP contribution in [0.5, 0.6) is 0 Å². The fourth-order valence-corrected chi connectivity index (χ4v) is 3.56. The summed E-state index contributed by atoms with van der Waals surface area (Å²) in [5, 5.41) is 3.09. The summed E-state index contributed by atoms with van der Waals surface area (Å²) >= 11 is 0. The van der Waals surface area contributed by atoms with E-state index in [-0.39, 0.29) is 35.8 Å². The standard InChI is InChI=1S/C24H26N2O3/c1-26-21-6-4-5-18-14-20(24(29)15-19(18)21)23(28)13-16-8-10-17(11-9-16)22(27)7-2-3-12-25/h4-6,8-11,14,26H,2-3,7,12-13,15,25H2,1H3. The van der Waals surface area contributed by atoms with Crippen LogP contribution in [-0.4, -0.2) is 30.9 Å². The van der Waals surface area contributed by atoms with E-state index in [2.05, 4.69) is 5.32 Å². The molecule has 0 saturated heterocycles. The molecule has 2 aromatic carbocycles. The second-order valence-electron chi connectivity index (χ2n) is 7.25. The van der Waals surface area contributed by atoms with Crippen molar-refractivity contribution in [3.8, 4) is 0 Å². The summed E-state index contributed by atoms with van der Waals surface area (Å²) < 4.78 is 0. The molecule has 0 bridgehead atoms. The number of rotatable bonds is 9. The predicted octanol–water partition coefficient (Wildman–Crippen LogP) is 3.36. The minimum absolute atomic E-state index is 0.0819. The van der Waals surface area contributed by atoms with Gasteiger partial charge in [-0.3, -0.25) is 14.4 Å². The smallest absolute Gasteiger partial charge is 0.170 e. The average Bonchev–Trinajstić information content (AvgIpc) is 2.73. The highest BCUT2D eigenvalue weighted by Crippen LogP contribution is 2.28. The normalized spacial score (nSPS) is 12.9. The number of allylic oxidation sites excluding steroid dienone is 1. The van der Waals surface area contributed by atoms with Crippen molar-refractivity contribution in [3.05, 3.63) is 70.3 Å². The summed E-state index contributed by atoms with van der Waals surface area (Å²) in [6.45, 7) is 0.587. The molecule has 0 radical (unpaired) electrons. The van der Waals surface area contributed by atoms with Crippen molar-refractivity contribution in [3.63, 3.8) is 0 Å². The van der Waals surface area contributed by atoms with Gasteiger partial charge in [-0.05, 0) is 48.2 Å². The second-order valence-corrected chi connectivity index (χ2v) is 7.25. The number of anilines is 1. The van der Waals surface area contributed by atoms with Crippen molar-refractivity contribution in [1.82, 2.24) is 0 Å². The van der Waals surface area contributed by atoms with E-state index < -0.39 is 0 Å². The molecule has 0 saturated carbocycles. The number of fused-ring (bicyclic) bond motifs is 1. The number of nitrogens with two attached hydrogens (primary N) is 1. The molecule has 150 valence electrons. The summed E-state index contributed by atoms with van der Waals surface area (Å²) in [6, 6.07) is 12.8. The Morgan fingerprint density at radius 2 is 1.79 bits per heavy atom. The first-order valence-electron chi connectivity index (χ1n) is 9.93. The summed E-state index contributed by atoms with van der Waals surface area (Å²) in [4.78, 5) is 37.5. The fourth-order valence-electron chi connectivity index (χ4n) is 3.56. The van der Waals surface area contributed by atoms with Gasteiger partial charge in [0, 0.05) is 37.6 Å². The van der Waals surface area contributed by atoms with E-state index in [0.717, 1.165) is 35.2 Å². The number of carbonyl (C=O) groups is 3. The maximum atomic E-state index is 12.8. The molecule has 0 aliphatic heterocycles. The van der Waals surface area contributed by atoms with Crippen LogP contribution in [0.25, 0.3) is 6.08 Å². The molecule has 29 heavy (non-hydrogen) atoms. The quantitative estimate of drug-likeness (QED) is 0.389. The number of unbranched alkanes of at least 4 members (excludes halogenated alkanes) is 1. The summed E-state index contributed by atoms with van der Waals surface area (Å²) in [5.41, 5.74) is 9.86. The van der Waals surface area contributed by atoms with Gasteiger partial charge >= 0.3 is 0 Å². The molecular weight excluding hydrogens is 364 g/mol. The van der Waals surface area contributed by atoms with E-state index in [9.17, 15) is 14.4 Å². The molecule has 1 aliphatic carbocycles. The molecule has 3 N–H and O–H groups in total. The molecule has 1 aliphatic rings. The third-order valence-electron chi connectivity index (χ3n) is 5.22. The minimum Gasteiger partial charge on any atom is -0.388 e. The Kier molecular flexibility index (Phi) is 6.73. The Bertz CT molecular complexity index is 959. The van der Waals surface area contributed by atoms with E-state index in [1.165, 1.54) is 0 Å². The lowest BCUT2D eigenvalue weighted by Gasteiger charge is -2.18. The summed E-state index contributed by atoms with van der Waals surface area (Å²) in [5.74, 6) is -0.270. The average molecular weight is 390 g/mol. The first kappa shape index (κ1) is 20.7. The maximum absolute atomic E-state index is 12.8. The van der Waals surface area contributed by atoms with Gasteiger partial charge in [-0.2, -0.15) is 0 Å². The second kappa shape index (κ2) is 9.43. The van der Waals surface area contributed by atoms with Gasteiger partial charge in [0.25, 0.3) is 0 Å². The molecule has 0 spiro atoms. The van der Waals surface area contributed by atoms with E-state index >= 15 is 0 Å². The highest BCUT2D eigenvalue weighted by Gasteiger charge is 2.25. The first-order chi connectivity index (χ1) is 14.0. The van der Waals surface area contributed by atoms with Crippen LogP contribution < -0.4 is 11.1 Å². The van der Waals surface area contributed by atoms with Gasteiger partial charge < -0.3 is 11.1 Å². The molecule has 0 unspecified atom stereocenters. The Morgan fingerprint density at radius 1 is 1.03 bits per heavy atom. The topological polar surface area (TPSA) is 89.3 Å². The van der Waals surface area contributed by atoms with Crippen molar-refractivity contribution >= 4 is 29.1 Å². The number of ketones is 3. The minimum atomic E-state index is -0.197. The van der Waals surface area contributed by atoms with Crippen molar-refractivity contribution < 1.29 is 14.4 Å². The lowest BCUT2D eigenvalue weighted by Crippen LogP contribution is -2.21. The molecule has 2 aromatic rings. The van der Waals surface area contributed by atoms with Crippen molar-refractivity contribution in [1.29, 1.82) is 0 Å². The summed E-state index contributed by atoms with van der Waals surface area (Å²) in [6.07, 6.45) is 4.15. The number of Topliss-reactive ketones (excluding diaryl/α,β-unsaturated/α-hetero) is 3. The number of hydrogen-bond acceptors (Lipinski definition) is 5. The number of nitrogens with one attached hydrogen (secondary N) is 1. The Balaban J connectivity index is 1.70. The SMILES string of the molecule is CNc1cccc2c1CC(=O)C(C(=O)Cc1ccc(C(=O)CCCCN)cc1)=C2. The third kappa shape index (κ3) is 4.87. The molecule has 5 heteroatoms. The molecule has 0 fully saturated rings. The van der Waals surface area contributed by atoms with Gasteiger partial charge in [0.15, 0.2) is 17.3 Å². The van der Waals surface area contributed by atoms with Crippen LogP contribution >= 0.6 is 0 Å². The molecule has 3 rings (SSSR count). The number of carbonyl (C=O) groups excluding carboxylic acids is 3. The van der Waals surface area contributed by atoms with E-state index in [0.29, 0.717) is 18.5 Å². The lowest BCUT2D eigenvalue weighted by atomic mass is 9.86. The van der Waals surface area contributed by atoms with E-state index in [4.69, 9.17) is 5.73 Å².